The van der Waals surface area contributed by atoms with Gasteiger partial charge in [0.25, 0.3) is 5.91 Å². The second-order valence-electron chi connectivity index (χ2n) is 4.34. The Kier molecular flexibility index (Phi) is 7.11. The van der Waals surface area contributed by atoms with Gasteiger partial charge in [-0.05, 0) is 43.0 Å². The zero-order valence-electron chi connectivity index (χ0n) is 11.5. The molecule has 110 valence electrons. The molecule has 0 aliphatic heterocycles. The first-order chi connectivity index (χ1) is 9.60. The third kappa shape index (κ3) is 4.86. The minimum absolute atomic E-state index is 0.359. The van der Waals surface area contributed by atoms with Gasteiger partial charge in [-0.3, -0.25) is 4.79 Å². The minimum Gasteiger partial charge on any atom is -0.480 e. The van der Waals surface area contributed by atoms with Crippen LogP contribution in [0.15, 0.2) is 24.3 Å². The molecule has 5 nitrogen and oxygen atoms in total. The van der Waals surface area contributed by atoms with E-state index >= 15 is 0 Å². The molecular weight excluding hydrogens is 276 g/mol. The Bertz CT molecular complexity index is 465. The second-order valence-corrected chi connectivity index (χ2v) is 5.33. The van der Waals surface area contributed by atoms with Gasteiger partial charge in [0.1, 0.15) is 6.04 Å². The van der Waals surface area contributed by atoms with E-state index in [-0.39, 0.29) is 5.91 Å². The predicted octanol–water partition coefficient (Wildman–Crippen LogP) is 1.12. The summed E-state index contributed by atoms with van der Waals surface area (Å²) in [7, 11) is 0. The van der Waals surface area contributed by atoms with Gasteiger partial charge in [0.05, 0.1) is 0 Å². The average Bonchev–Trinajstić information content (AvgIpc) is 2.43. The molecule has 1 rings (SSSR count). The molecule has 0 aliphatic rings. The van der Waals surface area contributed by atoms with Gasteiger partial charge in [0.2, 0.25) is 0 Å². The molecule has 0 unspecified atom stereocenters. The van der Waals surface area contributed by atoms with Crippen molar-refractivity contribution in [1.29, 1.82) is 0 Å². The smallest absolute Gasteiger partial charge is 0.326 e. The first kappa shape index (κ1) is 16.5. The third-order valence-electron chi connectivity index (χ3n) is 2.89. The van der Waals surface area contributed by atoms with Crippen molar-refractivity contribution in [2.45, 2.75) is 18.9 Å². The maximum atomic E-state index is 12.2. The fraction of sp³-hybridized carbons (Fsp3) is 0.429. The van der Waals surface area contributed by atoms with E-state index in [2.05, 4.69) is 5.32 Å². The lowest BCUT2D eigenvalue weighted by Crippen LogP contribution is -2.41. The fourth-order valence-electron chi connectivity index (χ4n) is 1.84. The first-order valence-corrected chi connectivity index (χ1v) is 7.80. The van der Waals surface area contributed by atoms with Gasteiger partial charge < -0.3 is 16.2 Å². The molecule has 0 saturated carbocycles. The summed E-state index contributed by atoms with van der Waals surface area (Å²) >= 11 is 1.55. The van der Waals surface area contributed by atoms with E-state index in [1.165, 1.54) is 0 Å². The van der Waals surface area contributed by atoms with Crippen LogP contribution in [0.4, 0.5) is 0 Å². The molecule has 0 bridgehead atoms. The first-order valence-electron chi connectivity index (χ1n) is 6.40. The van der Waals surface area contributed by atoms with Crippen molar-refractivity contribution in [1.82, 2.24) is 5.32 Å². The third-order valence-corrected chi connectivity index (χ3v) is 3.53. The van der Waals surface area contributed by atoms with E-state index in [1.54, 1.807) is 23.9 Å². The number of benzene rings is 1. The molecule has 1 aromatic rings. The Balaban J connectivity index is 2.80. The summed E-state index contributed by atoms with van der Waals surface area (Å²) in [4.78, 5) is 23.3. The number of rotatable bonds is 8. The molecule has 0 heterocycles. The quantitative estimate of drug-likeness (QED) is 0.668. The van der Waals surface area contributed by atoms with Gasteiger partial charge in [-0.1, -0.05) is 18.2 Å². The summed E-state index contributed by atoms with van der Waals surface area (Å²) < 4.78 is 0. The maximum absolute atomic E-state index is 12.2. The minimum atomic E-state index is -1.01. The maximum Gasteiger partial charge on any atom is 0.326 e. The Labute approximate surface area is 122 Å². The van der Waals surface area contributed by atoms with Crippen molar-refractivity contribution in [3.63, 3.8) is 0 Å². The highest BCUT2D eigenvalue weighted by molar-refractivity contribution is 7.98. The Morgan fingerprint density at radius 2 is 2.10 bits per heavy atom. The van der Waals surface area contributed by atoms with Crippen LogP contribution in [-0.4, -0.2) is 41.6 Å². The number of carbonyl (C=O) groups excluding carboxylic acids is 1. The van der Waals surface area contributed by atoms with Gasteiger partial charge in [-0.2, -0.15) is 11.8 Å². The van der Waals surface area contributed by atoms with Gasteiger partial charge in [-0.25, -0.2) is 4.79 Å². The standard InChI is InChI=1S/C14H20N2O3S/c1-20-9-7-12(14(18)19)16-13(17)11-5-3-2-4-10(11)6-8-15/h2-5,12H,6-9,15H2,1H3,(H,16,17)(H,18,19)/t12-/m1/s1. The lowest BCUT2D eigenvalue weighted by molar-refractivity contribution is -0.139. The summed E-state index contributed by atoms with van der Waals surface area (Å²) in [6.07, 6.45) is 2.89. The van der Waals surface area contributed by atoms with Gasteiger partial charge >= 0.3 is 5.97 Å². The number of nitrogens with two attached hydrogens (primary N) is 1. The number of carboxylic acids is 1. The largest absolute Gasteiger partial charge is 0.480 e. The Morgan fingerprint density at radius 1 is 1.40 bits per heavy atom. The van der Waals surface area contributed by atoms with E-state index in [4.69, 9.17) is 10.8 Å². The van der Waals surface area contributed by atoms with Gasteiger partial charge in [-0.15, -0.1) is 0 Å². The van der Waals surface area contributed by atoms with Crippen LogP contribution in [0.3, 0.4) is 0 Å². The van der Waals surface area contributed by atoms with Crippen molar-refractivity contribution < 1.29 is 14.7 Å². The summed E-state index contributed by atoms with van der Waals surface area (Å²) in [5.41, 5.74) is 6.84. The van der Waals surface area contributed by atoms with Crippen molar-refractivity contribution in [2.24, 2.45) is 5.73 Å². The summed E-state index contributed by atoms with van der Waals surface area (Å²) in [5.74, 6) is -0.687. The molecule has 0 aromatic heterocycles. The van der Waals surface area contributed by atoms with E-state index in [0.29, 0.717) is 30.7 Å². The molecule has 0 saturated heterocycles. The lowest BCUT2D eigenvalue weighted by Gasteiger charge is -2.15. The molecule has 1 aromatic carbocycles. The molecule has 1 atom stereocenters. The number of nitrogens with one attached hydrogen (secondary N) is 1. The number of aliphatic carboxylic acids is 1. The molecule has 20 heavy (non-hydrogen) atoms. The van der Waals surface area contributed by atoms with Crippen molar-refractivity contribution in [3.05, 3.63) is 35.4 Å². The highest BCUT2D eigenvalue weighted by Crippen LogP contribution is 2.10. The SMILES string of the molecule is CSCC[C@@H](NC(=O)c1ccccc1CCN)C(=O)O. The topological polar surface area (TPSA) is 92.4 Å². The lowest BCUT2D eigenvalue weighted by atomic mass is 10.0. The van der Waals surface area contributed by atoms with Crippen LogP contribution in [0.25, 0.3) is 0 Å². The monoisotopic (exact) mass is 296 g/mol. The highest BCUT2D eigenvalue weighted by Gasteiger charge is 2.21. The van der Waals surface area contributed by atoms with Crippen molar-refractivity contribution in [3.8, 4) is 0 Å². The van der Waals surface area contributed by atoms with Gasteiger partial charge in [0.15, 0.2) is 0 Å². The molecule has 0 fully saturated rings. The van der Waals surface area contributed by atoms with Gasteiger partial charge in [0, 0.05) is 5.56 Å². The summed E-state index contributed by atoms with van der Waals surface area (Å²) in [6.45, 7) is 0.444. The fourth-order valence-corrected chi connectivity index (χ4v) is 2.32. The number of thioether (sulfide) groups is 1. The van der Waals surface area contributed by atoms with Crippen LogP contribution in [0.2, 0.25) is 0 Å². The predicted molar refractivity (Wildman–Crippen MR) is 81.1 cm³/mol. The average molecular weight is 296 g/mol. The van der Waals surface area contributed by atoms with Crippen LogP contribution in [0.5, 0.6) is 0 Å². The van der Waals surface area contributed by atoms with Crippen LogP contribution < -0.4 is 11.1 Å². The molecule has 6 heteroatoms. The number of carboxylic acid groups (broad SMARTS) is 1. The molecule has 0 spiro atoms. The number of hydrogen-bond acceptors (Lipinski definition) is 4. The number of carbonyl (C=O) groups is 2. The molecule has 1 amide bonds. The van der Waals surface area contributed by atoms with Crippen molar-refractivity contribution >= 4 is 23.6 Å². The zero-order valence-corrected chi connectivity index (χ0v) is 12.3. The van der Waals surface area contributed by atoms with E-state index < -0.39 is 12.0 Å². The Morgan fingerprint density at radius 3 is 2.70 bits per heavy atom. The number of hydrogen-bond donors (Lipinski definition) is 3. The zero-order chi connectivity index (χ0) is 15.0. The molecule has 4 N–H and O–H groups in total. The molecular formula is C14H20N2O3S. The summed E-state index contributed by atoms with van der Waals surface area (Å²) in [6, 6.07) is 6.25. The van der Waals surface area contributed by atoms with E-state index in [0.717, 1.165) is 5.56 Å². The highest BCUT2D eigenvalue weighted by atomic mass is 32.2. The van der Waals surface area contributed by atoms with Crippen LogP contribution >= 0.6 is 11.8 Å². The summed E-state index contributed by atoms with van der Waals surface area (Å²) in [5, 5.41) is 11.7. The molecule has 0 aliphatic carbocycles. The Hall–Kier alpha value is -1.53. The second kappa shape index (κ2) is 8.60. The normalized spacial score (nSPS) is 11.9. The van der Waals surface area contributed by atoms with E-state index in [1.807, 2.05) is 18.4 Å². The van der Waals surface area contributed by atoms with Crippen molar-refractivity contribution in [2.75, 3.05) is 18.6 Å². The van der Waals surface area contributed by atoms with Crippen LogP contribution in [0.1, 0.15) is 22.3 Å². The van der Waals surface area contributed by atoms with E-state index in [9.17, 15) is 9.59 Å². The molecule has 0 radical (unpaired) electrons. The van der Waals surface area contributed by atoms with Crippen LogP contribution in [-0.2, 0) is 11.2 Å². The number of amides is 1. The van der Waals surface area contributed by atoms with Crippen LogP contribution in [0, 0.1) is 0 Å².